The van der Waals surface area contributed by atoms with Crippen LogP contribution < -0.4 is 5.73 Å². The summed E-state index contributed by atoms with van der Waals surface area (Å²) in [5.74, 6) is 0. The first-order valence-corrected chi connectivity index (χ1v) is 2.56. The molecule has 1 radical (unpaired) electrons. The van der Waals surface area contributed by atoms with E-state index in [1.807, 2.05) is 6.92 Å². The van der Waals surface area contributed by atoms with Crippen LogP contribution in [-0.4, -0.2) is 6.54 Å². The summed E-state index contributed by atoms with van der Waals surface area (Å²) in [6.45, 7) is 6.24. The highest BCUT2D eigenvalue weighted by Crippen LogP contribution is 1.97. The van der Waals surface area contributed by atoms with Crippen LogP contribution in [0, 0.1) is 0 Å². The SMILES string of the molecule is C=C(C)CCC[NH]. The van der Waals surface area contributed by atoms with Gasteiger partial charge in [-0.25, -0.2) is 0 Å². The highest BCUT2D eigenvalue weighted by atomic mass is 14.5. The summed E-state index contributed by atoms with van der Waals surface area (Å²) in [6.07, 6.45) is 1.98. The van der Waals surface area contributed by atoms with Gasteiger partial charge in [0.05, 0.1) is 0 Å². The first-order chi connectivity index (χ1) is 3.27. The van der Waals surface area contributed by atoms with Gasteiger partial charge in [0.25, 0.3) is 0 Å². The Morgan fingerprint density at radius 2 is 2.29 bits per heavy atom. The first kappa shape index (κ1) is 6.70. The van der Waals surface area contributed by atoms with Crippen LogP contribution in [0.5, 0.6) is 0 Å². The van der Waals surface area contributed by atoms with Crippen LogP contribution in [0.15, 0.2) is 12.2 Å². The van der Waals surface area contributed by atoms with Crippen molar-refractivity contribution in [2.45, 2.75) is 19.8 Å². The molecular weight excluding hydrogens is 86.1 g/mol. The van der Waals surface area contributed by atoms with Crippen molar-refractivity contribution in [3.8, 4) is 0 Å². The van der Waals surface area contributed by atoms with E-state index >= 15 is 0 Å². The van der Waals surface area contributed by atoms with E-state index in [0.29, 0.717) is 6.54 Å². The van der Waals surface area contributed by atoms with Crippen LogP contribution in [0.2, 0.25) is 0 Å². The van der Waals surface area contributed by atoms with Crippen LogP contribution >= 0.6 is 0 Å². The smallest absolute Gasteiger partial charge is 0.0103 e. The molecule has 0 bridgehead atoms. The molecule has 0 fully saturated rings. The largest absolute Gasteiger partial charge is 0.258 e. The Hall–Kier alpha value is -0.300. The zero-order chi connectivity index (χ0) is 5.70. The summed E-state index contributed by atoms with van der Waals surface area (Å²) in [5.41, 5.74) is 7.94. The summed E-state index contributed by atoms with van der Waals surface area (Å²) < 4.78 is 0. The molecule has 0 saturated carbocycles. The first-order valence-electron chi connectivity index (χ1n) is 2.56. The maximum absolute atomic E-state index is 6.75. The van der Waals surface area contributed by atoms with Crippen molar-refractivity contribution < 1.29 is 0 Å². The molecule has 1 N–H and O–H groups in total. The molecule has 0 rings (SSSR count). The third-order valence-electron chi connectivity index (χ3n) is 0.780. The van der Waals surface area contributed by atoms with E-state index in [-0.39, 0.29) is 0 Å². The molecule has 0 spiro atoms. The molecule has 1 nitrogen and oxygen atoms in total. The fraction of sp³-hybridized carbons (Fsp3) is 0.667. The van der Waals surface area contributed by atoms with Crippen LogP contribution in [0.1, 0.15) is 19.8 Å². The lowest BCUT2D eigenvalue weighted by molar-refractivity contribution is 0.811. The van der Waals surface area contributed by atoms with Crippen LogP contribution in [-0.2, 0) is 0 Å². The number of rotatable bonds is 3. The zero-order valence-electron chi connectivity index (χ0n) is 4.83. The van der Waals surface area contributed by atoms with E-state index in [1.165, 1.54) is 5.57 Å². The molecule has 0 saturated heterocycles. The fourth-order valence-corrected chi connectivity index (χ4v) is 0.390. The second-order valence-corrected chi connectivity index (χ2v) is 1.81. The van der Waals surface area contributed by atoms with E-state index in [2.05, 4.69) is 6.58 Å². The van der Waals surface area contributed by atoms with Gasteiger partial charge in [-0.05, 0) is 19.8 Å². The molecule has 0 aromatic heterocycles. The average molecular weight is 98.2 g/mol. The third-order valence-corrected chi connectivity index (χ3v) is 0.780. The highest BCUT2D eigenvalue weighted by Gasteiger charge is 1.81. The fourth-order valence-electron chi connectivity index (χ4n) is 0.390. The molecule has 1 heteroatoms. The minimum atomic E-state index is 0.535. The average Bonchev–Trinajstić information content (AvgIpc) is 1.61. The van der Waals surface area contributed by atoms with Crippen molar-refractivity contribution >= 4 is 0 Å². The predicted molar refractivity (Wildman–Crippen MR) is 32.0 cm³/mol. The summed E-state index contributed by atoms with van der Waals surface area (Å²) >= 11 is 0. The molecule has 41 valence electrons. The van der Waals surface area contributed by atoms with Crippen LogP contribution in [0.4, 0.5) is 0 Å². The number of nitrogens with one attached hydrogen (secondary N) is 1. The van der Waals surface area contributed by atoms with Crippen molar-refractivity contribution in [1.29, 1.82) is 0 Å². The normalized spacial score (nSPS) is 8.86. The van der Waals surface area contributed by atoms with Crippen molar-refractivity contribution in [1.82, 2.24) is 5.73 Å². The second kappa shape index (κ2) is 3.88. The van der Waals surface area contributed by atoms with Gasteiger partial charge in [0.1, 0.15) is 0 Å². The molecule has 0 aromatic carbocycles. The molecule has 7 heavy (non-hydrogen) atoms. The van der Waals surface area contributed by atoms with Gasteiger partial charge in [0.15, 0.2) is 0 Å². The highest BCUT2D eigenvalue weighted by molar-refractivity contribution is 4.86. The van der Waals surface area contributed by atoms with Gasteiger partial charge in [-0.1, -0.05) is 5.57 Å². The van der Waals surface area contributed by atoms with E-state index in [9.17, 15) is 0 Å². The minimum Gasteiger partial charge on any atom is -0.258 e. The van der Waals surface area contributed by atoms with Crippen molar-refractivity contribution in [2.24, 2.45) is 0 Å². The van der Waals surface area contributed by atoms with Crippen molar-refractivity contribution in [2.75, 3.05) is 6.54 Å². The quantitative estimate of drug-likeness (QED) is 0.479. The Bertz CT molecular complexity index is 57.2. The van der Waals surface area contributed by atoms with E-state index in [4.69, 9.17) is 5.73 Å². The zero-order valence-corrected chi connectivity index (χ0v) is 4.83. The molecule has 0 amide bonds. The van der Waals surface area contributed by atoms with Gasteiger partial charge >= 0.3 is 0 Å². The van der Waals surface area contributed by atoms with E-state index in [1.54, 1.807) is 0 Å². The maximum Gasteiger partial charge on any atom is 0.0103 e. The van der Waals surface area contributed by atoms with Gasteiger partial charge in [-0.3, -0.25) is 5.73 Å². The van der Waals surface area contributed by atoms with Crippen molar-refractivity contribution in [3.63, 3.8) is 0 Å². The van der Waals surface area contributed by atoms with Gasteiger partial charge in [0.2, 0.25) is 0 Å². The van der Waals surface area contributed by atoms with Gasteiger partial charge < -0.3 is 0 Å². The molecule has 0 heterocycles. The number of hydrogen-bond acceptors (Lipinski definition) is 0. The summed E-state index contributed by atoms with van der Waals surface area (Å²) in [7, 11) is 0. The van der Waals surface area contributed by atoms with E-state index in [0.717, 1.165) is 12.8 Å². The van der Waals surface area contributed by atoms with Gasteiger partial charge in [-0.15, -0.1) is 6.58 Å². The Labute approximate surface area is 45.2 Å². The summed E-state index contributed by atoms with van der Waals surface area (Å²) in [5, 5.41) is 0. The molecular formula is C6H12N. The standard InChI is InChI=1S/C6H12N/c1-6(2)4-3-5-7/h7H,1,3-5H2,2H3. The lowest BCUT2D eigenvalue weighted by Crippen LogP contribution is -1.83. The Morgan fingerprint density at radius 1 is 1.71 bits per heavy atom. The molecule has 0 aromatic rings. The lowest BCUT2D eigenvalue weighted by Gasteiger charge is -1.91. The van der Waals surface area contributed by atoms with E-state index < -0.39 is 0 Å². The minimum absolute atomic E-state index is 0.535. The monoisotopic (exact) mass is 98.1 g/mol. The maximum atomic E-state index is 6.75. The van der Waals surface area contributed by atoms with Crippen molar-refractivity contribution in [3.05, 3.63) is 12.2 Å². The van der Waals surface area contributed by atoms with Gasteiger partial charge in [0, 0.05) is 6.54 Å². The van der Waals surface area contributed by atoms with Gasteiger partial charge in [-0.2, -0.15) is 0 Å². The number of hydrogen-bond donors (Lipinski definition) is 0. The Balaban J connectivity index is 2.82. The van der Waals surface area contributed by atoms with Crippen LogP contribution in [0.3, 0.4) is 0 Å². The molecule has 0 aliphatic carbocycles. The molecule has 0 aliphatic rings. The molecule has 0 aliphatic heterocycles. The third kappa shape index (κ3) is 5.70. The Kier molecular flexibility index (Phi) is 3.71. The van der Waals surface area contributed by atoms with Crippen LogP contribution in [0.25, 0.3) is 0 Å². The topological polar surface area (TPSA) is 23.8 Å². The Morgan fingerprint density at radius 3 is 2.43 bits per heavy atom. The number of allylic oxidation sites excluding steroid dienone is 1. The second-order valence-electron chi connectivity index (χ2n) is 1.81. The molecule has 0 unspecified atom stereocenters. The summed E-state index contributed by atoms with van der Waals surface area (Å²) in [6, 6.07) is 0. The predicted octanol–water partition coefficient (Wildman–Crippen LogP) is 1.63. The lowest BCUT2D eigenvalue weighted by atomic mass is 10.2. The summed E-state index contributed by atoms with van der Waals surface area (Å²) in [4.78, 5) is 0. The molecule has 0 atom stereocenters.